The summed E-state index contributed by atoms with van der Waals surface area (Å²) < 4.78 is 6.11. The van der Waals surface area contributed by atoms with Crippen molar-refractivity contribution in [3.8, 4) is 0 Å². The van der Waals surface area contributed by atoms with Crippen LogP contribution in [0.3, 0.4) is 0 Å². The van der Waals surface area contributed by atoms with Gasteiger partial charge < -0.3 is 4.74 Å². The van der Waals surface area contributed by atoms with Crippen LogP contribution in [0.4, 0.5) is 0 Å². The number of rotatable bonds is 3. The van der Waals surface area contributed by atoms with E-state index in [0.717, 1.165) is 25.7 Å². The van der Waals surface area contributed by atoms with Gasteiger partial charge in [-0.05, 0) is 51.6 Å². The molecule has 3 nitrogen and oxygen atoms in total. The van der Waals surface area contributed by atoms with Crippen LogP contribution in [-0.4, -0.2) is 36.1 Å². The normalized spacial score (nSPS) is 34.2. The van der Waals surface area contributed by atoms with Crippen LogP contribution in [0.15, 0.2) is 24.3 Å². The molecule has 1 saturated carbocycles. The molecule has 0 amide bonds. The molecule has 3 heteroatoms. The van der Waals surface area contributed by atoms with Gasteiger partial charge in [-0.2, -0.15) is 0 Å². The fraction of sp³-hybridized carbons (Fsp3) is 0.650. The third kappa shape index (κ3) is 2.69. The van der Waals surface area contributed by atoms with Crippen LogP contribution in [-0.2, 0) is 9.53 Å². The van der Waals surface area contributed by atoms with Crippen molar-refractivity contribution in [2.75, 3.05) is 7.05 Å². The van der Waals surface area contributed by atoms with Gasteiger partial charge in [-0.25, -0.2) is 0 Å². The summed E-state index contributed by atoms with van der Waals surface area (Å²) in [6.45, 7) is 2.12. The number of nitrogens with zero attached hydrogens (tertiary/aromatic N) is 1. The number of fused-ring (bicyclic) bond motifs is 2. The standard InChI is InChI=1S/C20H27NO2/c1-13-6-8-14(9-7-13)17-12-16-10-11-18(21(16)2)19(17)23-20(22)15-4-3-5-15/h6-9,15-19H,3-5,10-12H2,1-2H3/t16-,17-,18?,19+/m1/s1. The summed E-state index contributed by atoms with van der Waals surface area (Å²) >= 11 is 0. The van der Waals surface area contributed by atoms with Crippen molar-refractivity contribution in [2.24, 2.45) is 5.92 Å². The highest BCUT2D eigenvalue weighted by Crippen LogP contribution is 2.44. The molecule has 2 heterocycles. The Kier molecular flexibility index (Phi) is 3.92. The molecule has 4 atom stereocenters. The number of carbonyl (C=O) groups excluding carboxylic acids is 1. The Morgan fingerprint density at radius 3 is 2.52 bits per heavy atom. The maximum absolute atomic E-state index is 12.5. The molecule has 0 spiro atoms. The smallest absolute Gasteiger partial charge is 0.309 e. The number of piperidine rings is 1. The quantitative estimate of drug-likeness (QED) is 0.798. The zero-order chi connectivity index (χ0) is 16.0. The van der Waals surface area contributed by atoms with E-state index in [-0.39, 0.29) is 18.0 Å². The van der Waals surface area contributed by atoms with Gasteiger partial charge in [-0.15, -0.1) is 0 Å². The molecule has 4 rings (SSSR count). The second-order valence-electron chi connectivity index (χ2n) is 7.75. The van der Waals surface area contributed by atoms with E-state index in [1.54, 1.807) is 0 Å². The highest BCUT2D eigenvalue weighted by molar-refractivity contribution is 5.73. The minimum absolute atomic E-state index is 0.0227. The van der Waals surface area contributed by atoms with Crippen LogP contribution >= 0.6 is 0 Å². The van der Waals surface area contributed by atoms with Crippen molar-refractivity contribution in [3.05, 3.63) is 35.4 Å². The molecule has 1 aromatic rings. The molecule has 0 N–H and O–H groups in total. The van der Waals surface area contributed by atoms with Gasteiger partial charge in [0, 0.05) is 18.0 Å². The molecule has 1 unspecified atom stereocenters. The molecule has 3 aliphatic rings. The van der Waals surface area contributed by atoms with Crippen molar-refractivity contribution >= 4 is 5.97 Å². The van der Waals surface area contributed by atoms with E-state index in [0.29, 0.717) is 18.0 Å². The highest BCUT2D eigenvalue weighted by Gasteiger charge is 2.48. The Hall–Kier alpha value is -1.35. The van der Waals surface area contributed by atoms with Crippen molar-refractivity contribution in [2.45, 2.75) is 69.6 Å². The van der Waals surface area contributed by atoms with Crippen LogP contribution < -0.4 is 0 Å². The van der Waals surface area contributed by atoms with Crippen LogP contribution in [0.2, 0.25) is 0 Å². The Bertz CT molecular complexity index is 578. The van der Waals surface area contributed by atoms with Crippen LogP contribution in [0.5, 0.6) is 0 Å². The lowest BCUT2D eigenvalue weighted by Crippen LogP contribution is -2.51. The maximum Gasteiger partial charge on any atom is 0.309 e. The molecule has 1 aliphatic carbocycles. The summed E-state index contributed by atoms with van der Waals surface area (Å²) in [4.78, 5) is 14.9. The van der Waals surface area contributed by atoms with Gasteiger partial charge in [-0.1, -0.05) is 36.2 Å². The van der Waals surface area contributed by atoms with Crippen LogP contribution in [0, 0.1) is 12.8 Å². The topological polar surface area (TPSA) is 29.5 Å². The summed E-state index contributed by atoms with van der Waals surface area (Å²) in [6, 6.07) is 9.86. The van der Waals surface area contributed by atoms with E-state index in [1.807, 2.05) is 0 Å². The van der Waals surface area contributed by atoms with Crippen molar-refractivity contribution in [1.82, 2.24) is 4.90 Å². The first kappa shape index (κ1) is 15.2. The predicted octanol–water partition coefficient (Wildman–Crippen LogP) is 3.66. The third-order valence-corrected chi connectivity index (χ3v) is 6.39. The summed E-state index contributed by atoms with van der Waals surface area (Å²) in [7, 11) is 2.21. The number of esters is 1. The van der Waals surface area contributed by atoms with E-state index < -0.39 is 0 Å². The van der Waals surface area contributed by atoms with Gasteiger partial charge in [0.15, 0.2) is 0 Å². The SMILES string of the molecule is Cc1ccc([C@H]2C[C@H]3CCC([C@H]2OC(=O)C2CCC2)N3C)cc1. The molecular formula is C20H27NO2. The molecule has 0 radical (unpaired) electrons. The Morgan fingerprint density at radius 2 is 1.87 bits per heavy atom. The molecule has 3 fully saturated rings. The molecule has 2 bridgehead atoms. The highest BCUT2D eigenvalue weighted by atomic mass is 16.5. The first-order valence-corrected chi connectivity index (χ1v) is 9.12. The third-order valence-electron chi connectivity index (χ3n) is 6.39. The first-order valence-electron chi connectivity index (χ1n) is 9.12. The first-order chi connectivity index (χ1) is 11.1. The van der Waals surface area contributed by atoms with E-state index in [2.05, 4.69) is 43.1 Å². The van der Waals surface area contributed by atoms with Crippen LogP contribution in [0.25, 0.3) is 0 Å². The lowest BCUT2D eigenvalue weighted by Gasteiger charge is -2.43. The molecule has 2 saturated heterocycles. The van der Waals surface area contributed by atoms with E-state index in [1.165, 1.54) is 24.0 Å². The summed E-state index contributed by atoms with van der Waals surface area (Å²) in [5, 5.41) is 0. The van der Waals surface area contributed by atoms with Gasteiger partial charge in [0.05, 0.1) is 5.92 Å². The lowest BCUT2D eigenvalue weighted by molar-refractivity contribution is -0.164. The van der Waals surface area contributed by atoms with Crippen molar-refractivity contribution in [1.29, 1.82) is 0 Å². The minimum Gasteiger partial charge on any atom is -0.460 e. The monoisotopic (exact) mass is 313 g/mol. The number of likely N-dealkylation sites (N-methyl/N-ethyl adjacent to an activating group) is 1. The second kappa shape index (κ2) is 5.94. The summed E-state index contributed by atoms with van der Waals surface area (Å²) in [6.07, 6.45) is 6.74. The van der Waals surface area contributed by atoms with E-state index >= 15 is 0 Å². The molecule has 124 valence electrons. The molecule has 1 aromatic carbocycles. The fourth-order valence-electron chi connectivity index (χ4n) is 4.59. The second-order valence-corrected chi connectivity index (χ2v) is 7.75. The zero-order valence-electron chi connectivity index (χ0n) is 14.2. The molecular weight excluding hydrogens is 286 g/mol. The Balaban J connectivity index is 1.59. The van der Waals surface area contributed by atoms with E-state index in [4.69, 9.17) is 4.74 Å². The van der Waals surface area contributed by atoms with Crippen molar-refractivity contribution < 1.29 is 9.53 Å². The van der Waals surface area contributed by atoms with E-state index in [9.17, 15) is 4.79 Å². The Labute approximate surface area is 139 Å². The van der Waals surface area contributed by atoms with Gasteiger partial charge in [-0.3, -0.25) is 9.69 Å². The number of aryl methyl sites for hydroxylation is 1. The largest absolute Gasteiger partial charge is 0.460 e. The average molecular weight is 313 g/mol. The van der Waals surface area contributed by atoms with Gasteiger partial charge in [0.1, 0.15) is 6.10 Å². The number of hydrogen-bond donors (Lipinski definition) is 0. The number of ether oxygens (including phenoxy) is 1. The molecule has 23 heavy (non-hydrogen) atoms. The predicted molar refractivity (Wildman–Crippen MR) is 90.3 cm³/mol. The van der Waals surface area contributed by atoms with Crippen molar-refractivity contribution in [3.63, 3.8) is 0 Å². The fourth-order valence-corrected chi connectivity index (χ4v) is 4.59. The lowest BCUT2D eigenvalue weighted by atomic mass is 9.81. The number of hydrogen-bond acceptors (Lipinski definition) is 3. The number of benzene rings is 1. The Morgan fingerprint density at radius 1 is 1.13 bits per heavy atom. The number of carbonyl (C=O) groups is 1. The summed E-state index contributed by atoms with van der Waals surface area (Å²) in [5.74, 6) is 0.573. The van der Waals surface area contributed by atoms with Crippen LogP contribution in [0.1, 0.15) is 55.6 Å². The summed E-state index contributed by atoms with van der Waals surface area (Å²) in [5.41, 5.74) is 2.62. The maximum atomic E-state index is 12.5. The average Bonchev–Trinajstić information content (AvgIpc) is 2.72. The van der Waals surface area contributed by atoms with Gasteiger partial charge in [0.2, 0.25) is 0 Å². The van der Waals surface area contributed by atoms with Gasteiger partial charge >= 0.3 is 5.97 Å². The zero-order valence-corrected chi connectivity index (χ0v) is 14.2. The minimum atomic E-state index is 0.0227. The molecule has 2 aliphatic heterocycles. The van der Waals surface area contributed by atoms with Gasteiger partial charge in [0.25, 0.3) is 0 Å². The molecule has 0 aromatic heterocycles.